The average molecular weight is 489 g/mol. The summed E-state index contributed by atoms with van der Waals surface area (Å²) in [6, 6.07) is 19.8. The number of ketones is 1. The number of halogens is 1. The highest BCUT2D eigenvalue weighted by Gasteiger charge is 2.49. The Labute approximate surface area is 209 Å². The third-order valence-electron chi connectivity index (χ3n) is 7.92. The minimum atomic E-state index is -0.391. The highest BCUT2D eigenvalue weighted by molar-refractivity contribution is 6.30. The number of carbonyl (C=O) groups excluding carboxylic acids is 1. The van der Waals surface area contributed by atoms with E-state index in [1.807, 2.05) is 69.8 Å². The molecule has 0 radical (unpaired) electrons. The van der Waals surface area contributed by atoms with Gasteiger partial charge in [0.2, 0.25) is 0 Å². The van der Waals surface area contributed by atoms with Gasteiger partial charge in [-0.25, -0.2) is 0 Å². The number of piperidine rings is 1. The van der Waals surface area contributed by atoms with Crippen LogP contribution in [0.25, 0.3) is 16.6 Å². The maximum Gasteiger partial charge on any atom is 0.275 e. The lowest BCUT2D eigenvalue weighted by Crippen LogP contribution is -2.56. The molecule has 2 aliphatic rings. The molecule has 2 aliphatic heterocycles. The summed E-state index contributed by atoms with van der Waals surface area (Å²) in [5.74, 6) is 0.366. The van der Waals surface area contributed by atoms with Crippen molar-refractivity contribution in [1.29, 1.82) is 0 Å². The first-order valence-electron chi connectivity index (χ1n) is 12.4. The van der Waals surface area contributed by atoms with Crippen LogP contribution in [0.5, 0.6) is 0 Å². The Hall–Kier alpha value is -3.09. The van der Waals surface area contributed by atoms with Gasteiger partial charge >= 0.3 is 0 Å². The van der Waals surface area contributed by atoms with Gasteiger partial charge < -0.3 is 18.8 Å². The van der Waals surface area contributed by atoms with E-state index in [2.05, 4.69) is 15.9 Å². The number of nitrogens with zero attached hydrogens (tertiary/aromatic N) is 4. The predicted molar refractivity (Wildman–Crippen MR) is 141 cm³/mol. The Morgan fingerprint density at radius 3 is 2.29 bits per heavy atom. The number of carbonyl (C=O) groups is 1. The van der Waals surface area contributed by atoms with Crippen molar-refractivity contribution in [2.45, 2.75) is 37.8 Å². The molecule has 4 heterocycles. The Bertz CT molecular complexity index is 1450. The second-order valence-electron chi connectivity index (χ2n) is 9.74. The van der Waals surface area contributed by atoms with Crippen LogP contribution in [0.15, 0.2) is 71.7 Å². The molecule has 0 atom stereocenters. The van der Waals surface area contributed by atoms with Gasteiger partial charge in [-0.15, -0.1) is 0 Å². The predicted octanol–water partition coefficient (Wildman–Crippen LogP) is 4.61. The van der Waals surface area contributed by atoms with Crippen molar-refractivity contribution in [2.75, 3.05) is 31.1 Å². The number of anilines is 1. The van der Waals surface area contributed by atoms with Crippen molar-refractivity contribution >= 4 is 39.6 Å². The number of rotatable bonds is 5. The topological polar surface area (TPSA) is 50.0 Å². The van der Waals surface area contributed by atoms with E-state index in [9.17, 15) is 9.59 Å². The number of aromatic nitrogens is 2. The van der Waals surface area contributed by atoms with Gasteiger partial charge in [0.15, 0.2) is 5.78 Å². The van der Waals surface area contributed by atoms with Gasteiger partial charge in [0.1, 0.15) is 11.1 Å². The summed E-state index contributed by atoms with van der Waals surface area (Å²) in [6.07, 6.45) is 5.13. The van der Waals surface area contributed by atoms with Gasteiger partial charge in [-0.3, -0.25) is 9.59 Å². The fourth-order valence-electron chi connectivity index (χ4n) is 6.09. The van der Waals surface area contributed by atoms with Gasteiger partial charge in [-0.2, -0.15) is 0 Å². The lowest BCUT2D eigenvalue weighted by molar-refractivity contribution is -0.123. The van der Waals surface area contributed by atoms with E-state index in [4.69, 9.17) is 11.6 Å². The van der Waals surface area contributed by atoms with Crippen LogP contribution in [0, 0.1) is 0 Å². The lowest BCUT2D eigenvalue weighted by Gasteiger charge is -2.44. The quantitative estimate of drug-likeness (QED) is 0.411. The smallest absolute Gasteiger partial charge is 0.275 e. The summed E-state index contributed by atoms with van der Waals surface area (Å²) in [7, 11) is 0. The number of hydrogen-bond acceptors (Lipinski definition) is 4. The summed E-state index contributed by atoms with van der Waals surface area (Å²) >= 11 is 6.09. The molecule has 4 aromatic rings. The molecule has 0 unspecified atom stereocenters. The molecule has 7 heteroatoms. The Kier molecular flexibility index (Phi) is 5.66. The third-order valence-corrected chi connectivity index (χ3v) is 8.17. The summed E-state index contributed by atoms with van der Waals surface area (Å²) in [5.41, 5.74) is 3.48. The number of likely N-dealkylation sites (tertiary alicyclic amines) is 1. The summed E-state index contributed by atoms with van der Waals surface area (Å²) in [5, 5.41) is 0.714. The highest BCUT2D eigenvalue weighted by atomic mass is 35.5. The van der Waals surface area contributed by atoms with Crippen molar-refractivity contribution in [3.05, 3.63) is 82.2 Å². The van der Waals surface area contributed by atoms with E-state index >= 15 is 0 Å². The summed E-state index contributed by atoms with van der Waals surface area (Å²) in [6.45, 7) is 4.15. The van der Waals surface area contributed by atoms with Crippen molar-refractivity contribution < 1.29 is 4.79 Å². The highest BCUT2D eigenvalue weighted by Crippen LogP contribution is 2.39. The number of fused-ring (bicyclic) bond motifs is 3. The molecule has 1 spiro atoms. The zero-order valence-corrected chi connectivity index (χ0v) is 20.5. The average Bonchev–Trinajstić information content (AvgIpc) is 3.49. The zero-order chi connectivity index (χ0) is 24.0. The molecule has 2 aromatic heterocycles. The number of aryl methyl sites for hydroxylation is 1. The molecule has 6 rings (SSSR count). The molecular formula is C28H29ClN4O2. The molecule has 180 valence electrons. The molecule has 2 saturated heterocycles. The minimum Gasteiger partial charge on any atom is -0.358 e. The van der Waals surface area contributed by atoms with E-state index in [1.165, 1.54) is 0 Å². The summed E-state index contributed by atoms with van der Waals surface area (Å²) < 4.78 is 3.89. The number of para-hydroxylation sites is 2. The zero-order valence-electron chi connectivity index (χ0n) is 19.7. The van der Waals surface area contributed by atoms with Crippen molar-refractivity contribution in [2.24, 2.45) is 0 Å². The first kappa shape index (κ1) is 22.4. The van der Waals surface area contributed by atoms with Gasteiger partial charge in [0.05, 0.1) is 11.0 Å². The minimum absolute atomic E-state index is 0.0569. The number of benzene rings is 2. The van der Waals surface area contributed by atoms with Crippen molar-refractivity contribution in [3.63, 3.8) is 0 Å². The lowest BCUT2D eigenvalue weighted by atomic mass is 9.83. The SMILES string of the molecule is O=C1CCN(c2ccc(Cl)cc2)C12CCN(CCCn1c(=O)c3cccn3c3ccccc31)CC2. The maximum atomic E-state index is 13.2. The standard InChI is InChI=1S/C28H29ClN4O2/c29-21-8-10-22(11-9-21)33-18-12-26(34)28(33)13-19-30(20-14-28)15-4-17-32-24-6-2-1-5-23(24)31-16-3-7-25(31)27(32)35/h1-3,5-11,16H,4,12-15,17-20H2. The first-order valence-corrected chi connectivity index (χ1v) is 12.8. The van der Waals surface area contributed by atoms with Crippen LogP contribution in [-0.2, 0) is 11.3 Å². The van der Waals surface area contributed by atoms with Gasteiger partial charge in [0.25, 0.3) is 5.56 Å². The van der Waals surface area contributed by atoms with Crippen LogP contribution < -0.4 is 10.5 Å². The Balaban J connectivity index is 1.14. The first-order chi connectivity index (χ1) is 17.1. The van der Waals surface area contributed by atoms with E-state index < -0.39 is 5.54 Å². The van der Waals surface area contributed by atoms with Gasteiger partial charge in [-0.05, 0) is 74.3 Å². The Morgan fingerprint density at radius 2 is 1.51 bits per heavy atom. The monoisotopic (exact) mass is 488 g/mol. The molecule has 2 fully saturated rings. The molecule has 6 nitrogen and oxygen atoms in total. The van der Waals surface area contributed by atoms with Crippen LogP contribution in [-0.4, -0.2) is 51.4 Å². The molecule has 0 aliphatic carbocycles. The van der Waals surface area contributed by atoms with E-state index in [0.29, 0.717) is 29.3 Å². The van der Waals surface area contributed by atoms with Crippen molar-refractivity contribution in [3.8, 4) is 0 Å². The van der Waals surface area contributed by atoms with Crippen LogP contribution in [0.1, 0.15) is 25.7 Å². The maximum absolute atomic E-state index is 13.2. The molecule has 0 N–H and O–H groups in total. The molecule has 2 aromatic carbocycles. The summed E-state index contributed by atoms with van der Waals surface area (Å²) in [4.78, 5) is 30.9. The van der Waals surface area contributed by atoms with Crippen LogP contribution in [0.3, 0.4) is 0 Å². The van der Waals surface area contributed by atoms with Crippen molar-refractivity contribution in [1.82, 2.24) is 13.9 Å². The fraction of sp³-hybridized carbons (Fsp3) is 0.357. The molecule has 0 bridgehead atoms. The second-order valence-corrected chi connectivity index (χ2v) is 10.2. The van der Waals surface area contributed by atoms with Crippen LogP contribution in [0.4, 0.5) is 5.69 Å². The van der Waals surface area contributed by atoms with Gasteiger partial charge in [0, 0.05) is 49.5 Å². The van der Waals surface area contributed by atoms with Crippen LogP contribution in [0.2, 0.25) is 5.02 Å². The molecule has 0 amide bonds. The van der Waals surface area contributed by atoms with E-state index in [0.717, 1.165) is 62.2 Å². The number of Topliss-reactive ketones (excluding diaryl/α,β-unsaturated/α-hetero) is 1. The molecular weight excluding hydrogens is 460 g/mol. The fourth-order valence-corrected chi connectivity index (χ4v) is 6.21. The Morgan fingerprint density at radius 1 is 0.800 bits per heavy atom. The normalized spacial score (nSPS) is 18.3. The van der Waals surface area contributed by atoms with Crippen LogP contribution >= 0.6 is 11.6 Å². The third kappa shape index (κ3) is 3.76. The molecule has 0 saturated carbocycles. The second kappa shape index (κ2) is 8.85. The largest absolute Gasteiger partial charge is 0.358 e. The molecule has 35 heavy (non-hydrogen) atoms. The van der Waals surface area contributed by atoms with E-state index in [1.54, 1.807) is 0 Å². The van der Waals surface area contributed by atoms with Gasteiger partial charge in [-0.1, -0.05) is 23.7 Å². The number of hydrogen-bond donors (Lipinski definition) is 0. The van der Waals surface area contributed by atoms with E-state index in [-0.39, 0.29) is 5.56 Å².